The maximum absolute atomic E-state index is 11.8. The van der Waals surface area contributed by atoms with Crippen molar-refractivity contribution in [3.05, 3.63) is 24.3 Å². The zero-order valence-electron chi connectivity index (χ0n) is 10.3. The van der Waals surface area contributed by atoms with E-state index >= 15 is 0 Å². The monoisotopic (exact) mass is 263 g/mol. The zero-order chi connectivity index (χ0) is 13.8. The summed E-state index contributed by atoms with van der Waals surface area (Å²) in [7, 11) is 1.50. The van der Waals surface area contributed by atoms with E-state index in [0.717, 1.165) is 4.90 Å². The van der Waals surface area contributed by atoms with Crippen LogP contribution in [0.3, 0.4) is 0 Å². The lowest BCUT2D eigenvalue weighted by atomic mass is 10.3. The lowest BCUT2D eigenvalue weighted by Gasteiger charge is -2.14. The van der Waals surface area contributed by atoms with Crippen molar-refractivity contribution in [2.75, 3.05) is 25.5 Å². The smallest absolute Gasteiger partial charge is 0.325 e. The van der Waals surface area contributed by atoms with Crippen LogP contribution in [0.4, 0.5) is 10.5 Å². The molecular weight excluding hydrogens is 250 g/mol. The van der Waals surface area contributed by atoms with Crippen molar-refractivity contribution in [3.8, 4) is 5.75 Å². The number of benzene rings is 1. The summed E-state index contributed by atoms with van der Waals surface area (Å²) in [6.07, 6.45) is 0. The van der Waals surface area contributed by atoms with Crippen molar-refractivity contribution in [2.45, 2.75) is 0 Å². The molecule has 0 aromatic heterocycles. The van der Waals surface area contributed by atoms with Gasteiger partial charge in [0.15, 0.2) is 0 Å². The minimum atomic E-state index is -0.555. The molecule has 0 saturated carbocycles. The second-order valence-corrected chi connectivity index (χ2v) is 3.96. The maximum Gasteiger partial charge on any atom is 0.325 e. The zero-order valence-corrected chi connectivity index (χ0v) is 10.3. The van der Waals surface area contributed by atoms with E-state index in [9.17, 15) is 14.4 Å². The quantitative estimate of drug-likeness (QED) is 0.759. The van der Waals surface area contributed by atoms with E-state index in [1.54, 1.807) is 24.3 Å². The van der Waals surface area contributed by atoms with E-state index in [0.29, 0.717) is 11.4 Å². The molecule has 2 N–H and O–H groups in total. The predicted molar refractivity (Wildman–Crippen MR) is 66.7 cm³/mol. The highest BCUT2D eigenvalue weighted by Gasteiger charge is 2.28. The minimum Gasteiger partial charge on any atom is -0.495 e. The van der Waals surface area contributed by atoms with Crippen LogP contribution >= 0.6 is 0 Å². The van der Waals surface area contributed by atoms with Crippen LogP contribution in [-0.4, -0.2) is 42.9 Å². The summed E-state index contributed by atoms with van der Waals surface area (Å²) in [5.74, 6) is -0.276. The summed E-state index contributed by atoms with van der Waals surface area (Å²) in [5.41, 5.74) is 0.515. The van der Waals surface area contributed by atoms with Gasteiger partial charge in [-0.15, -0.1) is 0 Å². The molecule has 0 spiro atoms. The Kier molecular flexibility index (Phi) is 3.65. The Balaban J connectivity index is 1.98. The molecule has 100 valence electrons. The Bertz CT molecular complexity index is 529. The molecule has 1 saturated heterocycles. The van der Waals surface area contributed by atoms with Crippen molar-refractivity contribution in [1.82, 2.24) is 10.2 Å². The molecule has 0 radical (unpaired) electrons. The third kappa shape index (κ3) is 3.01. The fourth-order valence-corrected chi connectivity index (χ4v) is 1.72. The number of amides is 4. The molecule has 1 fully saturated rings. The molecule has 7 heteroatoms. The molecule has 1 aliphatic rings. The molecule has 0 unspecified atom stereocenters. The molecule has 0 atom stereocenters. The normalized spacial score (nSPS) is 14.3. The number of rotatable bonds is 4. The summed E-state index contributed by atoms with van der Waals surface area (Å²) in [6, 6.07) is 6.37. The number of nitrogens with zero attached hydrogens (tertiary/aromatic N) is 1. The predicted octanol–water partition coefficient (Wildman–Crippen LogP) is 0.185. The Labute approximate surface area is 109 Å². The third-order valence-electron chi connectivity index (χ3n) is 2.58. The fraction of sp³-hybridized carbons (Fsp3) is 0.250. The molecule has 0 bridgehead atoms. The Morgan fingerprint density at radius 2 is 2.16 bits per heavy atom. The van der Waals surface area contributed by atoms with Gasteiger partial charge in [-0.2, -0.15) is 0 Å². The van der Waals surface area contributed by atoms with E-state index in [1.807, 2.05) is 0 Å². The first kappa shape index (κ1) is 12.9. The first-order valence-electron chi connectivity index (χ1n) is 5.62. The first-order chi connectivity index (χ1) is 9.10. The van der Waals surface area contributed by atoms with Gasteiger partial charge in [-0.25, -0.2) is 4.79 Å². The lowest BCUT2D eigenvalue weighted by molar-refractivity contribution is -0.119. The Morgan fingerprint density at radius 1 is 1.42 bits per heavy atom. The summed E-state index contributed by atoms with van der Waals surface area (Å²) in [6.45, 7) is -0.284. The van der Waals surface area contributed by atoms with Crippen LogP contribution in [-0.2, 0) is 9.59 Å². The molecule has 1 aromatic carbocycles. The molecule has 7 nitrogen and oxygen atoms in total. The van der Waals surface area contributed by atoms with E-state index in [2.05, 4.69) is 10.6 Å². The standard InChI is InChI=1S/C12H13N3O4/c1-19-9-5-3-2-4-8(9)13-10(16)6-15-7-11(17)14-12(15)18/h2-5H,6-7H2,1H3,(H,13,16)(H,14,17,18). The van der Waals surface area contributed by atoms with Crippen molar-refractivity contribution in [2.24, 2.45) is 0 Å². The summed E-state index contributed by atoms with van der Waals surface area (Å²) in [5, 5.41) is 4.73. The Morgan fingerprint density at radius 3 is 2.79 bits per heavy atom. The number of hydrogen-bond donors (Lipinski definition) is 2. The van der Waals surface area contributed by atoms with Gasteiger partial charge in [-0.05, 0) is 12.1 Å². The van der Waals surface area contributed by atoms with Gasteiger partial charge in [0, 0.05) is 0 Å². The summed E-state index contributed by atoms with van der Waals surface area (Å²) < 4.78 is 5.09. The lowest BCUT2D eigenvalue weighted by Crippen LogP contribution is -2.35. The largest absolute Gasteiger partial charge is 0.495 e. The molecule has 4 amide bonds. The second kappa shape index (κ2) is 5.38. The van der Waals surface area contributed by atoms with Crippen LogP contribution in [0, 0.1) is 0 Å². The first-order valence-corrected chi connectivity index (χ1v) is 5.62. The van der Waals surface area contributed by atoms with Gasteiger partial charge in [0.25, 0.3) is 0 Å². The molecule has 1 heterocycles. The SMILES string of the molecule is COc1ccccc1NC(=O)CN1CC(=O)NC1=O. The fourth-order valence-electron chi connectivity index (χ4n) is 1.72. The van der Waals surface area contributed by atoms with Gasteiger partial charge in [-0.3, -0.25) is 14.9 Å². The molecule has 0 aliphatic carbocycles. The molecule has 2 rings (SSSR count). The van der Waals surface area contributed by atoms with Crippen LogP contribution in [0.15, 0.2) is 24.3 Å². The topological polar surface area (TPSA) is 87.7 Å². The number of carbonyl (C=O) groups is 3. The van der Waals surface area contributed by atoms with Crippen molar-refractivity contribution in [3.63, 3.8) is 0 Å². The van der Waals surface area contributed by atoms with E-state index in [-0.39, 0.29) is 13.1 Å². The molecular formula is C12H13N3O4. The third-order valence-corrected chi connectivity index (χ3v) is 2.58. The minimum absolute atomic E-state index is 0.0990. The van der Waals surface area contributed by atoms with Crippen LogP contribution in [0.2, 0.25) is 0 Å². The summed E-state index contributed by atoms with van der Waals surface area (Å²) >= 11 is 0. The number of methoxy groups -OCH3 is 1. The average molecular weight is 263 g/mol. The van der Waals surface area contributed by atoms with E-state index < -0.39 is 17.8 Å². The van der Waals surface area contributed by atoms with Gasteiger partial charge < -0.3 is 15.0 Å². The number of para-hydroxylation sites is 2. The van der Waals surface area contributed by atoms with Gasteiger partial charge >= 0.3 is 6.03 Å². The van der Waals surface area contributed by atoms with Crippen molar-refractivity contribution < 1.29 is 19.1 Å². The highest BCUT2D eigenvalue weighted by Crippen LogP contribution is 2.22. The van der Waals surface area contributed by atoms with Crippen LogP contribution in [0.1, 0.15) is 0 Å². The van der Waals surface area contributed by atoms with Crippen LogP contribution in [0.25, 0.3) is 0 Å². The van der Waals surface area contributed by atoms with Gasteiger partial charge in [0.1, 0.15) is 18.8 Å². The average Bonchev–Trinajstić information content (AvgIpc) is 2.68. The number of imide groups is 1. The number of ether oxygens (including phenoxy) is 1. The van der Waals surface area contributed by atoms with Gasteiger partial charge in [0.2, 0.25) is 11.8 Å². The van der Waals surface area contributed by atoms with E-state index in [1.165, 1.54) is 7.11 Å². The van der Waals surface area contributed by atoms with Gasteiger partial charge in [0.05, 0.1) is 12.8 Å². The van der Waals surface area contributed by atoms with Crippen molar-refractivity contribution in [1.29, 1.82) is 0 Å². The molecule has 1 aromatic rings. The maximum atomic E-state index is 11.8. The molecule has 19 heavy (non-hydrogen) atoms. The van der Waals surface area contributed by atoms with Crippen LogP contribution in [0.5, 0.6) is 5.75 Å². The number of nitrogens with one attached hydrogen (secondary N) is 2. The summed E-state index contributed by atoms with van der Waals surface area (Å²) in [4.78, 5) is 35.2. The van der Waals surface area contributed by atoms with E-state index in [4.69, 9.17) is 4.74 Å². The van der Waals surface area contributed by atoms with Gasteiger partial charge in [-0.1, -0.05) is 12.1 Å². The van der Waals surface area contributed by atoms with Crippen LogP contribution < -0.4 is 15.4 Å². The number of carbonyl (C=O) groups excluding carboxylic acids is 3. The Hall–Kier alpha value is -2.57. The highest BCUT2D eigenvalue weighted by atomic mass is 16.5. The molecule has 1 aliphatic heterocycles. The van der Waals surface area contributed by atoms with Crippen molar-refractivity contribution >= 4 is 23.5 Å². The second-order valence-electron chi connectivity index (χ2n) is 3.96. The number of urea groups is 1. The number of hydrogen-bond acceptors (Lipinski definition) is 4. The highest BCUT2D eigenvalue weighted by molar-refractivity contribution is 6.04. The number of anilines is 1.